The molecule has 4 heteroatoms. The van der Waals surface area contributed by atoms with Crippen LogP contribution in [0.15, 0.2) is 24.3 Å². The third kappa shape index (κ3) is 2.52. The Morgan fingerprint density at radius 3 is 2.69 bits per heavy atom. The van der Waals surface area contributed by atoms with E-state index < -0.39 is 0 Å². The van der Waals surface area contributed by atoms with Crippen LogP contribution in [0.1, 0.15) is 12.0 Å². The lowest BCUT2D eigenvalue weighted by atomic mass is 10.1. The van der Waals surface area contributed by atoms with Gasteiger partial charge in [0, 0.05) is 11.6 Å². The topological polar surface area (TPSA) is 69.2 Å². The van der Waals surface area contributed by atoms with Gasteiger partial charge in [0.2, 0.25) is 0 Å². The van der Waals surface area contributed by atoms with Crippen molar-refractivity contribution < 1.29 is 4.92 Å². The Hall–Kier alpha value is -1.42. The van der Waals surface area contributed by atoms with Gasteiger partial charge >= 0.3 is 0 Å². The zero-order chi connectivity index (χ0) is 9.68. The van der Waals surface area contributed by atoms with Crippen molar-refractivity contribution in [3.8, 4) is 0 Å². The first kappa shape index (κ1) is 9.67. The molecule has 0 atom stereocenters. The molecule has 0 fully saturated rings. The van der Waals surface area contributed by atoms with Crippen molar-refractivity contribution in [1.82, 2.24) is 0 Å². The average Bonchev–Trinajstić information content (AvgIpc) is 2.15. The van der Waals surface area contributed by atoms with E-state index >= 15 is 0 Å². The second-order valence-corrected chi connectivity index (χ2v) is 2.78. The Labute approximate surface area is 76.5 Å². The fourth-order valence-electron chi connectivity index (χ4n) is 1.19. The number of benzene rings is 1. The van der Waals surface area contributed by atoms with Gasteiger partial charge in [-0.1, -0.05) is 18.2 Å². The van der Waals surface area contributed by atoms with E-state index in [4.69, 9.17) is 5.73 Å². The summed E-state index contributed by atoms with van der Waals surface area (Å²) in [6.07, 6.45) is 1.46. The molecule has 4 nitrogen and oxygen atoms in total. The van der Waals surface area contributed by atoms with E-state index in [0.29, 0.717) is 13.0 Å². The molecule has 0 aromatic heterocycles. The molecule has 1 rings (SSSR count). The van der Waals surface area contributed by atoms with Crippen molar-refractivity contribution in [1.29, 1.82) is 0 Å². The predicted octanol–water partition coefficient (Wildman–Crippen LogP) is 1.49. The molecule has 0 aliphatic carbocycles. The van der Waals surface area contributed by atoms with Crippen LogP contribution in [0, 0.1) is 10.1 Å². The maximum Gasteiger partial charge on any atom is 0.272 e. The lowest BCUT2D eigenvalue weighted by Gasteiger charge is -2.00. The van der Waals surface area contributed by atoms with Gasteiger partial charge in [-0.2, -0.15) is 0 Å². The molecule has 2 N–H and O–H groups in total. The van der Waals surface area contributed by atoms with Crippen LogP contribution in [0.3, 0.4) is 0 Å². The number of rotatable bonds is 4. The highest BCUT2D eigenvalue weighted by Crippen LogP contribution is 2.18. The molecule has 13 heavy (non-hydrogen) atoms. The quantitative estimate of drug-likeness (QED) is 0.563. The number of nitrogens with zero attached hydrogens (tertiary/aromatic N) is 1. The molecular weight excluding hydrogens is 168 g/mol. The molecule has 0 saturated carbocycles. The zero-order valence-corrected chi connectivity index (χ0v) is 7.27. The Morgan fingerprint density at radius 2 is 2.08 bits per heavy atom. The normalized spacial score (nSPS) is 9.92. The van der Waals surface area contributed by atoms with Crippen LogP contribution in [0.2, 0.25) is 0 Å². The molecule has 0 aliphatic heterocycles. The summed E-state index contributed by atoms with van der Waals surface area (Å²) in [5, 5.41) is 10.6. The summed E-state index contributed by atoms with van der Waals surface area (Å²) < 4.78 is 0. The van der Waals surface area contributed by atoms with Crippen molar-refractivity contribution in [2.24, 2.45) is 5.73 Å². The molecule has 1 aromatic carbocycles. The van der Waals surface area contributed by atoms with Gasteiger partial charge in [0.25, 0.3) is 5.69 Å². The molecule has 0 bridgehead atoms. The second-order valence-electron chi connectivity index (χ2n) is 2.78. The minimum absolute atomic E-state index is 0.191. The largest absolute Gasteiger partial charge is 0.330 e. The number of hydrogen-bond donors (Lipinski definition) is 1. The summed E-state index contributed by atoms with van der Waals surface area (Å²) in [4.78, 5) is 10.2. The first-order chi connectivity index (χ1) is 6.25. The molecule has 0 unspecified atom stereocenters. The van der Waals surface area contributed by atoms with E-state index in [1.807, 2.05) is 0 Å². The standard InChI is InChI=1S/C9H12N2O2/c10-7-3-5-8-4-1-2-6-9(8)11(12)13/h1-2,4,6H,3,5,7,10H2. The van der Waals surface area contributed by atoms with Crippen molar-refractivity contribution in [2.45, 2.75) is 12.8 Å². The number of nitro benzene ring substituents is 1. The van der Waals surface area contributed by atoms with E-state index in [-0.39, 0.29) is 10.6 Å². The predicted molar refractivity (Wildman–Crippen MR) is 50.5 cm³/mol. The number of nitrogens with two attached hydrogens (primary N) is 1. The highest BCUT2D eigenvalue weighted by Gasteiger charge is 2.10. The van der Waals surface area contributed by atoms with Crippen LogP contribution in [-0.4, -0.2) is 11.5 Å². The Morgan fingerprint density at radius 1 is 1.38 bits per heavy atom. The third-order valence-electron chi connectivity index (χ3n) is 1.84. The monoisotopic (exact) mass is 180 g/mol. The van der Waals surface area contributed by atoms with Crippen LogP contribution < -0.4 is 5.73 Å². The van der Waals surface area contributed by atoms with Gasteiger partial charge in [-0.15, -0.1) is 0 Å². The SMILES string of the molecule is NCCCc1ccccc1[N+](=O)[O-]. The van der Waals surface area contributed by atoms with E-state index in [0.717, 1.165) is 12.0 Å². The Bertz CT molecular complexity index is 299. The fraction of sp³-hybridized carbons (Fsp3) is 0.333. The zero-order valence-electron chi connectivity index (χ0n) is 7.27. The van der Waals surface area contributed by atoms with Gasteiger partial charge in [0.15, 0.2) is 0 Å². The van der Waals surface area contributed by atoms with Crippen molar-refractivity contribution in [3.63, 3.8) is 0 Å². The summed E-state index contributed by atoms with van der Waals surface area (Å²) in [6, 6.07) is 6.77. The van der Waals surface area contributed by atoms with Gasteiger partial charge in [-0.3, -0.25) is 10.1 Å². The molecular formula is C9H12N2O2. The first-order valence-corrected chi connectivity index (χ1v) is 4.18. The van der Waals surface area contributed by atoms with Crippen LogP contribution in [0.25, 0.3) is 0 Å². The highest BCUT2D eigenvalue weighted by atomic mass is 16.6. The van der Waals surface area contributed by atoms with Crippen molar-refractivity contribution in [3.05, 3.63) is 39.9 Å². The summed E-state index contributed by atoms with van der Waals surface area (Å²) in [5.41, 5.74) is 6.29. The minimum atomic E-state index is -0.355. The van der Waals surface area contributed by atoms with Crippen LogP contribution in [0.4, 0.5) is 5.69 Å². The molecule has 70 valence electrons. The minimum Gasteiger partial charge on any atom is -0.330 e. The van der Waals surface area contributed by atoms with Crippen molar-refractivity contribution in [2.75, 3.05) is 6.54 Å². The second kappa shape index (κ2) is 4.57. The van der Waals surface area contributed by atoms with Crippen LogP contribution >= 0.6 is 0 Å². The first-order valence-electron chi connectivity index (χ1n) is 4.18. The number of para-hydroxylation sites is 1. The molecule has 0 aliphatic rings. The van der Waals surface area contributed by atoms with Crippen LogP contribution in [-0.2, 0) is 6.42 Å². The highest BCUT2D eigenvalue weighted by molar-refractivity contribution is 5.39. The summed E-state index contributed by atoms with van der Waals surface area (Å²) in [7, 11) is 0. The lowest BCUT2D eigenvalue weighted by molar-refractivity contribution is -0.385. The third-order valence-corrected chi connectivity index (χ3v) is 1.84. The maximum atomic E-state index is 10.6. The lowest BCUT2D eigenvalue weighted by Crippen LogP contribution is -2.02. The maximum absolute atomic E-state index is 10.6. The van der Waals surface area contributed by atoms with Gasteiger partial charge in [-0.25, -0.2) is 0 Å². The summed E-state index contributed by atoms with van der Waals surface area (Å²) >= 11 is 0. The molecule has 0 amide bonds. The van der Waals surface area contributed by atoms with Gasteiger partial charge in [0.1, 0.15) is 0 Å². The average molecular weight is 180 g/mol. The number of nitro groups is 1. The Balaban J connectivity index is 2.84. The van der Waals surface area contributed by atoms with E-state index in [2.05, 4.69) is 0 Å². The smallest absolute Gasteiger partial charge is 0.272 e. The van der Waals surface area contributed by atoms with Gasteiger partial charge < -0.3 is 5.73 Å². The van der Waals surface area contributed by atoms with Gasteiger partial charge in [0.05, 0.1) is 4.92 Å². The number of aryl methyl sites for hydroxylation is 1. The fourth-order valence-corrected chi connectivity index (χ4v) is 1.19. The van der Waals surface area contributed by atoms with E-state index in [9.17, 15) is 10.1 Å². The van der Waals surface area contributed by atoms with E-state index in [1.54, 1.807) is 18.2 Å². The summed E-state index contributed by atoms with van der Waals surface area (Å²) in [5.74, 6) is 0. The van der Waals surface area contributed by atoms with Gasteiger partial charge in [-0.05, 0) is 19.4 Å². The molecule has 1 aromatic rings. The van der Waals surface area contributed by atoms with Crippen LogP contribution in [0.5, 0.6) is 0 Å². The van der Waals surface area contributed by atoms with Crippen molar-refractivity contribution >= 4 is 5.69 Å². The molecule has 0 spiro atoms. The summed E-state index contributed by atoms with van der Waals surface area (Å²) in [6.45, 7) is 0.562. The van der Waals surface area contributed by atoms with E-state index in [1.165, 1.54) is 6.07 Å². The molecule has 0 saturated heterocycles. The number of hydrogen-bond acceptors (Lipinski definition) is 3. The molecule has 0 heterocycles. The Kier molecular flexibility index (Phi) is 3.40. The molecule has 0 radical (unpaired) electrons.